The van der Waals surface area contributed by atoms with Gasteiger partial charge >= 0.3 is 0 Å². The van der Waals surface area contributed by atoms with Gasteiger partial charge in [-0.15, -0.1) is 12.3 Å². The van der Waals surface area contributed by atoms with Crippen molar-refractivity contribution in [3.63, 3.8) is 0 Å². The van der Waals surface area contributed by atoms with Gasteiger partial charge in [-0.3, -0.25) is 11.3 Å². The van der Waals surface area contributed by atoms with E-state index in [1.165, 1.54) is 17.5 Å². The zero-order valence-electron chi connectivity index (χ0n) is 9.45. The zero-order chi connectivity index (χ0) is 11.4. The molecule has 1 aliphatic carbocycles. The highest BCUT2D eigenvalue weighted by Gasteiger charge is 2.28. The van der Waals surface area contributed by atoms with Crippen LogP contribution in [0.4, 0.5) is 0 Å². The van der Waals surface area contributed by atoms with Crippen molar-refractivity contribution in [3.05, 3.63) is 35.4 Å². The molecule has 3 N–H and O–H groups in total. The zero-order valence-corrected chi connectivity index (χ0v) is 9.45. The Hall–Kier alpha value is -1.30. The van der Waals surface area contributed by atoms with Crippen LogP contribution in [0.25, 0.3) is 0 Å². The number of benzene rings is 1. The van der Waals surface area contributed by atoms with Crippen molar-refractivity contribution in [2.45, 2.75) is 37.6 Å². The van der Waals surface area contributed by atoms with E-state index in [2.05, 4.69) is 35.6 Å². The van der Waals surface area contributed by atoms with Crippen molar-refractivity contribution in [3.8, 4) is 12.3 Å². The highest BCUT2D eigenvalue weighted by molar-refractivity contribution is 5.36. The van der Waals surface area contributed by atoms with Gasteiger partial charge in [-0.25, -0.2) is 0 Å². The molecular weight excluding hydrogens is 196 g/mol. The second-order valence-corrected chi connectivity index (χ2v) is 4.36. The molecule has 0 aliphatic heterocycles. The minimum atomic E-state index is 0.305. The van der Waals surface area contributed by atoms with Gasteiger partial charge in [0.05, 0.1) is 0 Å². The Kier molecular flexibility index (Phi) is 3.61. The fraction of sp³-hybridized carbons (Fsp3) is 0.429. The molecule has 2 heteroatoms. The highest BCUT2D eigenvalue weighted by atomic mass is 15.2. The van der Waals surface area contributed by atoms with E-state index in [9.17, 15) is 0 Å². The Morgan fingerprint density at radius 1 is 1.50 bits per heavy atom. The molecule has 0 amide bonds. The first-order chi connectivity index (χ1) is 7.86. The molecule has 2 nitrogen and oxygen atoms in total. The lowest BCUT2D eigenvalue weighted by Crippen LogP contribution is -2.39. The van der Waals surface area contributed by atoms with Gasteiger partial charge < -0.3 is 0 Å². The predicted molar refractivity (Wildman–Crippen MR) is 66.7 cm³/mol. The van der Waals surface area contributed by atoms with Crippen LogP contribution in [0, 0.1) is 12.3 Å². The molecule has 2 unspecified atom stereocenters. The summed E-state index contributed by atoms with van der Waals surface area (Å²) in [6.07, 6.45) is 9.38. The number of fused-ring (bicyclic) bond motifs is 1. The van der Waals surface area contributed by atoms with Crippen molar-refractivity contribution >= 4 is 0 Å². The van der Waals surface area contributed by atoms with Crippen LogP contribution >= 0.6 is 0 Å². The Bertz CT molecular complexity index is 392. The molecule has 0 saturated heterocycles. The number of terminal acetylenes is 1. The van der Waals surface area contributed by atoms with E-state index >= 15 is 0 Å². The third-order valence-electron chi connectivity index (χ3n) is 3.48. The van der Waals surface area contributed by atoms with Gasteiger partial charge in [0, 0.05) is 18.4 Å². The summed E-state index contributed by atoms with van der Waals surface area (Å²) in [6, 6.07) is 8.94. The summed E-state index contributed by atoms with van der Waals surface area (Å²) in [5, 5.41) is 0. The standard InChI is InChI=1S/C14H18N2/c1-2-3-8-14(16-15)13-10-9-11-6-4-5-7-12(11)13/h1,4-7,13-14,16H,3,8-10,15H2. The molecule has 0 heterocycles. The number of rotatable bonds is 4. The molecule has 1 aromatic carbocycles. The first kappa shape index (κ1) is 11.2. The molecule has 2 atom stereocenters. The third-order valence-corrected chi connectivity index (χ3v) is 3.48. The first-order valence-electron chi connectivity index (χ1n) is 5.84. The summed E-state index contributed by atoms with van der Waals surface area (Å²) in [4.78, 5) is 0. The minimum Gasteiger partial charge on any atom is -0.271 e. The maximum Gasteiger partial charge on any atom is 0.0288 e. The summed E-state index contributed by atoms with van der Waals surface area (Å²) < 4.78 is 0. The fourth-order valence-electron chi connectivity index (χ4n) is 2.65. The van der Waals surface area contributed by atoms with Crippen molar-refractivity contribution in [1.82, 2.24) is 5.43 Å². The highest BCUT2D eigenvalue weighted by Crippen LogP contribution is 2.36. The number of aryl methyl sites for hydroxylation is 1. The van der Waals surface area contributed by atoms with Crippen LogP contribution in [0.5, 0.6) is 0 Å². The van der Waals surface area contributed by atoms with Crippen molar-refractivity contribution in [2.75, 3.05) is 0 Å². The molecule has 0 spiro atoms. The van der Waals surface area contributed by atoms with Gasteiger partial charge in [0.1, 0.15) is 0 Å². The van der Waals surface area contributed by atoms with Crippen LogP contribution in [-0.2, 0) is 6.42 Å². The third kappa shape index (κ3) is 2.11. The average Bonchev–Trinajstić information content (AvgIpc) is 2.75. The van der Waals surface area contributed by atoms with Crippen molar-refractivity contribution in [1.29, 1.82) is 0 Å². The molecular formula is C14H18N2. The van der Waals surface area contributed by atoms with Crippen LogP contribution in [0.2, 0.25) is 0 Å². The Morgan fingerprint density at radius 3 is 3.06 bits per heavy atom. The maximum atomic E-state index is 5.63. The number of nitrogens with two attached hydrogens (primary N) is 1. The molecule has 1 aromatic rings. The number of hydrogen-bond acceptors (Lipinski definition) is 2. The summed E-state index contributed by atoms with van der Waals surface area (Å²) in [6.45, 7) is 0. The van der Waals surface area contributed by atoms with E-state index < -0.39 is 0 Å². The van der Waals surface area contributed by atoms with Gasteiger partial charge in [0.15, 0.2) is 0 Å². The number of hydrogen-bond donors (Lipinski definition) is 2. The van der Waals surface area contributed by atoms with E-state index in [1.54, 1.807) is 0 Å². The molecule has 0 radical (unpaired) electrons. The van der Waals surface area contributed by atoms with Crippen LogP contribution in [-0.4, -0.2) is 6.04 Å². The van der Waals surface area contributed by atoms with Gasteiger partial charge in [-0.1, -0.05) is 24.3 Å². The van der Waals surface area contributed by atoms with Gasteiger partial charge in [0.25, 0.3) is 0 Å². The fourth-order valence-corrected chi connectivity index (χ4v) is 2.65. The van der Waals surface area contributed by atoms with E-state index in [4.69, 9.17) is 12.3 Å². The van der Waals surface area contributed by atoms with Gasteiger partial charge in [-0.2, -0.15) is 0 Å². The average molecular weight is 214 g/mol. The summed E-state index contributed by atoms with van der Waals surface area (Å²) in [7, 11) is 0. The normalized spacial score (nSPS) is 20.1. The largest absolute Gasteiger partial charge is 0.271 e. The van der Waals surface area contributed by atoms with Crippen LogP contribution < -0.4 is 11.3 Å². The van der Waals surface area contributed by atoms with E-state index in [0.29, 0.717) is 12.0 Å². The Balaban J connectivity index is 2.14. The topological polar surface area (TPSA) is 38.0 Å². The van der Waals surface area contributed by atoms with Gasteiger partial charge in [-0.05, 0) is 30.4 Å². The summed E-state index contributed by atoms with van der Waals surface area (Å²) in [5.74, 6) is 8.84. The molecule has 84 valence electrons. The Labute approximate surface area is 97.2 Å². The van der Waals surface area contributed by atoms with Crippen LogP contribution in [0.1, 0.15) is 36.3 Å². The molecule has 2 rings (SSSR count). The SMILES string of the molecule is C#CCCC(NN)C1CCc2ccccc21. The number of nitrogens with one attached hydrogen (secondary N) is 1. The molecule has 0 bridgehead atoms. The lowest BCUT2D eigenvalue weighted by atomic mass is 9.91. The molecule has 1 aliphatic rings. The van der Waals surface area contributed by atoms with Gasteiger partial charge in [0.2, 0.25) is 0 Å². The molecule has 0 fully saturated rings. The van der Waals surface area contributed by atoms with E-state index in [1.807, 2.05) is 0 Å². The minimum absolute atomic E-state index is 0.305. The smallest absolute Gasteiger partial charge is 0.0288 e. The van der Waals surface area contributed by atoms with E-state index in [0.717, 1.165) is 19.3 Å². The lowest BCUT2D eigenvalue weighted by molar-refractivity contribution is 0.417. The summed E-state index contributed by atoms with van der Waals surface area (Å²) in [5.41, 5.74) is 5.84. The first-order valence-corrected chi connectivity index (χ1v) is 5.84. The molecule has 0 aromatic heterocycles. The molecule has 16 heavy (non-hydrogen) atoms. The maximum absolute atomic E-state index is 5.63. The second kappa shape index (κ2) is 5.16. The number of hydrazine groups is 1. The van der Waals surface area contributed by atoms with Crippen molar-refractivity contribution < 1.29 is 0 Å². The predicted octanol–water partition coefficient (Wildman–Crippen LogP) is 1.96. The molecule has 0 saturated carbocycles. The van der Waals surface area contributed by atoms with E-state index in [-0.39, 0.29) is 0 Å². The quantitative estimate of drug-likeness (QED) is 0.457. The lowest BCUT2D eigenvalue weighted by Gasteiger charge is -2.22. The summed E-state index contributed by atoms with van der Waals surface area (Å²) >= 11 is 0. The van der Waals surface area contributed by atoms with Crippen LogP contribution in [0.15, 0.2) is 24.3 Å². The van der Waals surface area contributed by atoms with Crippen LogP contribution in [0.3, 0.4) is 0 Å². The van der Waals surface area contributed by atoms with Crippen molar-refractivity contribution in [2.24, 2.45) is 5.84 Å². The Morgan fingerprint density at radius 2 is 2.31 bits per heavy atom. The second-order valence-electron chi connectivity index (χ2n) is 4.36. The monoisotopic (exact) mass is 214 g/mol.